The van der Waals surface area contributed by atoms with E-state index in [9.17, 15) is 9.18 Å². The molecule has 2 rings (SSSR count). The zero-order chi connectivity index (χ0) is 11.0. The lowest BCUT2D eigenvalue weighted by Crippen LogP contribution is -1.99. The van der Waals surface area contributed by atoms with Crippen molar-refractivity contribution in [2.45, 2.75) is 6.54 Å². The second-order valence-electron chi connectivity index (χ2n) is 3.19. The summed E-state index contributed by atoms with van der Waals surface area (Å²) in [5, 5.41) is 8.98. The van der Waals surface area contributed by atoms with E-state index in [2.05, 4.69) is 4.98 Å². The van der Waals surface area contributed by atoms with Crippen molar-refractivity contribution in [1.82, 2.24) is 4.98 Å². The molecule has 1 aromatic carbocycles. The Bertz CT molecular complexity index is 533. The Morgan fingerprint density at radius 3 is 2.87 bits per heavy atom. The first-order valence-corrected chi connectivity index (χ1v) is 4.37. The van der Waals surface area contributed by atoms with Gasteiger partial charge < -0.3 is 15.8 Å². The summed E-state index contributed by atoms with van der Waals surface area (Å²) in [5.74, 6) is -1.57. The average molecular weight is 208 g/mol. The molecule has 0 aliphatic heterocycles. The van der Waals surface area contributed by atoms with Gasteiger partial charge in [-0.2, -0.15) is 0 Å². The van der Waals surface area contributed by atoms with Gasteiger partial charge in [0.1, 0.15) is 11.5 Å². The van der Waals surface area contributed by atoms with E-state index in [1.807, 2.05) is 0 Å². The average Bonchev–Trinajstić information content (AvgIpc) is 2.63. The number of nitrogens with two attached hydrogens (primary N) is 1. The molecule has 1 aromatic heterocycles. The molecule has 4 N–H and O–H groups in total. The summed E-state index contributed by atoms with van der Waals surface area (Å²) in [6.45, 7) is 0.0926. The van der Waals surface area contributed by atoms with Gasteiger partial charge in [0.15, 0.2) is 0 Å². The third-order valence-electron chi connectivity index (χ3n) is 2.27. The minimum Gasteiger partial charge on any atom is -0.477 e. The fourth-order valence-corrected chi connectivity index (χ4v) is 1.49. The van der Waals surface area contributed by atoms with Crippen LogP contribution in [0.2, 0.25) is 0 Å². The Kier molecular flexibility index (Phi) is 2.17. The lowest BCUT2D eigenvalue weighted by molar-refractivity contribution is 0.0691. The summed E-state index contributed by atoms with van der Waals surface area (Å²) < 4.78 is 13.7. The van der Waals surface area contributed by atoms with Crippen LogP contribution in [0.1, 0.15) is 16.1 Å². The fraction of sp³-hybridized carbons (Fsp3) is 0.100. The molecule has 2 aromatic rings. The molecule has 0 fully saturated rings. The van der Waals surface area contributed by atoms with Crippen molar-refractivity contribution in [3.05, 3.63) is 35.3 Å². The molecule has 15 heavy (non-hydrogen) atoms. The number of aromatic carboxylic acids is 1. The third kappa shape index (κ3) is 1.46. The summed E-state index contributed by atoms with van der Waals surface area (Å²) in [6, 6.07) is 4.43. The molecule has 0 radical (unpaired) electrons. The molecule has 0 atom stereocenters. The Morgan fingerprint density at radius 2 is 2.27 bits per heavy atom. The summed E-state index contributed by atoms with van der Waals surface area (Å²) in [6.07, 6.45) is 0. The highest BCUT2D eigenvalue weighted by Crippen LogP contribution is 2.21. The molecule has 5 heteroatoms. The van der Waals surface area contributed by atoms with Crippen molar-refractivity contribution in [3.8, 4) is 0 Å². The molecule has 0 amide bonds. The highest BCUT2D eigenvalue weighted by molar-refractivity contribution is 5.94. The minimum atomic E-state index is -1.11. The van der Waals surface area contributed by atoms with Gasteiger partial charge in [0.25, 0.3) is 0 Å². The van der Waals surface area contributed by atoms with E-state index in [1.54, 1.807) is 12.1 Å². The number of aromatic amines is 1. The summed E-state index contributed by atoms with van der Waals surface area (Å²) in [5.41, 5.74) is 6.15. The minimum absolute atomic E-state index is 0.0296. The van der Waals surface area contributed by atoms with E-state index in [0.717, 1.165) is 0 Å². The number of rotatable bonds is 2. The maximum atomic E-state index is 13.7. The van der Waals surface area contributed by atoms with Gasteiger partial charge in [-0.1, -0.05) is 6.07 Å². The topological polar surface area (TPSA) is 79.1 Å². The standard InChI is InChI=1S/C10H9FN2O2/c11-9-5(4-12)1-2-7-6(9)3-8(13-7)10(14)15/h1-3,13H,4,12H2,(H,14,15). The van der Waals surface area contributed by atoms with Crippen LogP contribution < -0.4 is 5.73 Å². The highest BCUT2D eigenvalue weighted by Gasteiger charge is 2.12. The van der Waals surface area contributed by atoms with Crippen LogP contribution >= 0.6 is 0 Å². The second-order valence-corrected chi connectivity index (χ2v) is 3.19. The lowest BCUT2D eigenvalue weighted by atomic mass is 10.1. The van der Waals surface area contributed by atoms with Crippen molar-refractivity contribution in [2.24, 2.45) is 5.73 Å². The number of hydrogen-bond donors (Lipinski definition) is 3. The maximum absolute atomic E-state index is 13.7. The summed E-state index contributed by atoms with van der Waals surface area (Å²) in [7, 11) is 0. The normalized spacial score (nSPS) is 10.8. The SMILES string of the molecule is NCc1ccc2[nH]c(C(=O)O)cc2c1F. The van der Waals surface area contributed by atoms with Crippen molar-refractivity contribution >= 4 is 16.9 Å². The first kappa shape index (κ1) is 9.67. The van der Waals surface area contributed by atoms with Gasteiger partial charge in [-0.15, -0.1) is 0 Å². The van der Waals surface area contributed by atoms with Crippen LogP contribution in [0.3, 0.4) is 0 Å². The Labute approximate surface area is 84.5 Å². The van der Waals surface area contributed by atoms with Crippen molar-refractivity contribution < 1.29 is 14.3 Å². The smallest absolute Gasteiger partial charge is 0.352 e. The van der Waals surface area contributed by atoms with E-state index >= 15 is 0 Å². The van der Waals surface area contributed by atoms with Crippen LogP contribution in [0.5, 0.6) is 0 Å². The number of carboxylic acid groups (broad SMARTS) is 1. The molecule has 1 heterocycles. The van der Waals surface area contributed by atoms with Gasteiger partial charge in [0.2, 0.25) is 0 Å². The van der Waals surface area contributed by atoms with E-state index in [1.165, 1.54) is 6.07 Å². The molecular weight excluding hydrogens is 199 g/mol. The lowest BCUT2D eigenvalue weighted by Gasteiger charge is -1.99. The van der Waals surface area contributed by atoms with Crippen LogP contribution in [-0.2, 0) is 6.54 Å². The largest absolute Gasteiger partial charge is 0.477 e. The molecule has 0 saturated heterocycles. The third-order valence-corrected chi connectivity index (χ3v) is 2.27. The number of aromatic nitrogens is 1. The molecule has 4 nitrogen and oxygen atoms in total. The van der Waals surface area contributed by atoms with E-state index < -0.39 is 11.8 Å². The van der Waals surface area contributed by atoms with Crippen molar-refractivity contribution in [3.63, 3.8) is 0 Å². The molecular formula is C10H9FN2O2. The van der Waals surface area contributed by atoms with Gasteiger partial charge in [-0.25, -0.2) is 9.18 Å². The first-order chi connectivity index (χ1) is 7.13. The molecule has 0 aliphatic rings. The summed E-state index contributed by atoms with van der Waals surface area (Å²) >= 11 is 0. The van der Waals surface area contributed by atoms with Gasteiger partial charge in [-0.3, -0.25) is 0 Å². The molecule has 0 unspecified atom stereocenters. The number of nitrogens with one attached hydrogen (secondary N) is 1. The monoisotopic (exact) mass is 208 g/mol. The van der Waals surface area contributed by atoms with Gasteiger partial charge in [-0.05, 0) is 12.1 Å². The number of hydrogen-bond acceptors (Lipinski definition) is 2. The van der Waals surface area contributed by atoms with Crippen LogP contribution in [0.4, 0.5) is 4.39 Å². The first-order valence-electron chi connectivity index (χ1n) is 4.37. The predicted octanol–water partition coefficient (Wildman–Crippen LogP) is 1.46. The van der Waals surface area contributed by atoms with Crippen molar-refractivity contribution in [1.29, 1.82) is 0 Å². The van der Waals surface area contributed by atoms with Crippen LogP contribution in [0.25, 0.3) is 10.9 Å². The predicted molar refractivity (Wildman–Crippen MR) is 53.1 cm³/mol. The van der Waals surface area contributed by atoms with Gasteiger partial charge in [0, 0.05) is 23.0 Å². The molecule has 78 valence electrons. The van der Waals surface area contributed by atoms with Crippen LogP contribution in [-0.4, -0.2) is 16.1 Å². The number of carboxylic acids is 1. The summed E-state index contributed by atoms with van der Waals surface area (Å²) in [4.78, 5) is 13.3. The quantitative estimate of drug-likeness (QED) is 0.699. The number of carbonyl (C=O) groups is 1. The zero-order valence-corrected chi connectivity index (χ0v) is 7.75. The Morgan fingerprint density at radius 1 is 1.53 bits per heavy atom. The molecule has 0 bridgehead atoms. The molecule has 0 saturated carbocycles. The zero-order valence-electron chi connectivity index (χ0n) is 7.75. The van der Waals surface area contributed by atoms with Gasteiger partial charge in [0.05, 0.1) is 0 Å². The fourth-order valence-electron chi connectivity index (χ4n) is 1.49. The second kappa shape index (κ2) is 3.36. The Balaban J connectivity index is 2.71. The van der Waals surface area contributed by atoms with Gasteiger partial charge >= 0.3 is 5.97 Å². The Hall–Kier alpha value is -1.88. The maximum Gasteiger partial charge on any atom is 0.352 e. The number of halogens is 1. The number of H-pyrrole nitrogens is 1. The van der Waals surface area contributed by atoms with Crippen molar-refractivity contribution in [2.75, 3.05) is 0 Å². The van der Waals surface area contributed by atoms with Crippen LogP contribution in [0, 0.1) is 5.82 Å². The van der Waals surface area contributed by atoms with E-state index in [-0.39, 0.29) is 17.6 Å². The van der Waals surface area contributed by atoms with E-state index in [0.29, 0.717) is 11.1 Å². The number of benzene rings is 1. The van der Waals surface area contributed by atoms with Crippen LogP contribution in [0.15, 0.2) is 18.2 Å². The molecule has 0 aliphatic carbocycles. The van der Waals surface area contributed by atoms with E-state index in [4.69, 9.17) is 10.8 Å². The number of fused-ring (bicyclic) bond motifs is 1. The highest BCUT2D eigenvalue weighted by atomic mass is 19.1. The molecule has 0 spiro atoms.